The fourth-order valence-corrected chi connectivity index (χ4v) is 2.41. The highest BCUT2D eigenvalue weighted by Crippen LogP contribution is 2.23. The number of nitrogens with one attached hydrogen (secondary N) is 1. The van der Waals surface area contributed by atoms with Gasteiger partial charge in [-0.1, -0.05) is 29.4 Å². The summed E-state index contributed by atoms with van der Waals surface area (Å²) in [7, 11) is 0. The Labute approximate surface area is 150 Å². The third kappa shape index (κ3) is 4.04. The summed E-state index contributed by atoms with van der Waals surface area (Å²) in [6.07, 6.45) is -0.902. The van der Waals surface area contributed by atoms with Crippen LogP contribution in [0.3, 0.4) is 0 Å². The molecule has 0 spiro atoms. The Balaban J connectivity index is 1.87. The predicted octanol–water partition coefficient (Wildman–Crippen LogP) is 2.35. The van der Waals surface area contributed by atoms with Crippen LogP contribution in [0, 0.1) is 6.92 Å². The molecule has 2 heterocycles. The first-order valence-corrected chi connectivity index (χ1v) is 8.32. The van der Waals surface area contributed by atoms with Gasteiger partial charge in [0.15, 0.2) is 0 Å². The normalized spacial score (nSPS) is 12.4. The zero-order valence-corrected chi connectivity index (χ0v) is 14.8. The number of aliphatic hydroxyl groups excluding tert-OH is 2. The lowest BCUT2D eigenvalue weighted by Gasteiger charge is -2.09. The van der Waals surface area contributed by atoms with E-state index in [1.807, 2.05) is 20.8 Å². The lowest BCUT2D eigenvalue weighted by molar-refractivity contribution is 0.0956. The first-order valence-electron chi connectivity index (χ1n) is 8.32. The molecule has 0 aliphatic heterocycles. The van der Waals surface area contributed by atoms with E-state index in [9.17, 15) is 5.11 Å². The van der Waals surface area contributed by atoms with Gasteiger partial charge in [0.1, 0.15) is 11.8 Å². The van der Waals surface area contributed by atoms with E-state index in [-0.39, 0.29) is 12.6 Å². The second-order valence-corrected chi connectivity index (χ2v) is 6.26. The number of aromatic nitrogens is 4. The number of hydrogen-bond donors (Lipinski definition) is 3. The quantitative estimate of drug-likeness (QED) is 0.617. The van der Waals surface area contributed by atoms with Crippen molar-refractivity contribution in [2.45, 2.75) is 32.9 Å². The molecule has 3 aromatic rings. The van der Waals surface area contributed by atoms with E-state index in [2.05, 4.69) is 25.4 Å². The molecule has 0 aliphatic rings. The fourth-order valence-electron chi connectivity index (χ4n) is 2.41. The molecule has 0 fully saturated rings. The molecular formula is C18H21N5O3. The fraction of sp³-hybridized carbons (Fsp3) is 0.333. The molecule has 8 nitrogen and oxygen atoms in total. The topological polar surface area (TPSA) is 117 Å². The van der Waals surface area contributed by atoms with Crippen molar-refractivity contribution in [1.29, 1.82) is 0 Å². The van der Waals surface area contributed by atoms with Gasteiger partial charge in [0.2, 0.25) is 11.8 Å². The zero-order valence-electron chi connectivity index (χ0n) is 14.8. The van der Waals surface area contributed by atoms with Crippen molar-refractivity contribution in [3.05, 3.63) is 41.6 Å². The number of aryl methyl sites for hydroxylation is 1. The molecule has 26 heavy (non-hydrogen) atoms. The molecule has 2 aromatic heterocycles. The molecule has 0 bridgehead atoms. The summed E-state index contributed by atoms with van der Waals surface area (Å²) in [6.45, 7) is 5.56. The molecule has 1 unspecified atom stereocenters. The Morgan fingerprint density at radius 2 is 1.85 bits per heavy atom. The van der Waals surface area contributed by atoms with Gasteiger partial charge >= 0.3 is 0 Å². The van der Waals surface area contributed by atoms with Gasteiger partial charge in [-0.05, 0) is 32.4 Å². The summed E-state index contributed by atoms with van der Waals surface area (Å²) in [4.78, 5) is 13.2. The maximum absolute atomic E-state index is 9.64. The van der Waals surface area contributed by atoms with Gasteiger partial charge < -0.3 is 20.1 Å². The van der Waals surface area contributed by atoms with E-state index in [0.717, 1.165) is 11.3 Å². The van der Waals surface area contributed by atoms with E-state index in [4.69, 9.17) is 9.63 Å². The number of anilines is 1. The van der Waals surface area contributed by atoms with Gasteiger partial charge in [-0.25, -0.2) is 9.97 Å². The summed E-state index contributed by atoms with van der Waals surface area (Å²) in [5.41, 5.74) is 2.70. The Hall–Kier alpha value is -2.84. The Kier molecular flexibility index (Phi) is 5.24. The van der Waals surface area contributed by atoms with Crippen molar-refractivity contribution in [2.24, 2.45) is 0 Å². The van der Waals surface area contributed by atoms with Crippen LogP contribution in [-0.2, 0) is 0 Å². The highest BCUT2D eigenvalue weighted by Gasteiger charge is 2.15. The molecule has 1 atom stereocenters. The molecule has 8 heteroatoms. The van der Waals surface area contributed by atoms with Crippen LogP contribution in [0.1, 0.15) is 31.2 Å². The smallest absolute Gasteiger partial charge is 0.277 e. The summed E-state index contributed by atoms with van der Waals surface area (Å²) in [5, 5.41) is 25.8. The predicted molar refractivity (Wildman–Crippen MR) is 96.3 cm³/mol. The van der Waals surface area contributed by atoms with Crippen molar-refractivity contribution in [1.82, 2.24) is 20.1 Å². The molecule has 136 valence electrons. The van der Waals surface area contributed by atoms with Crippen LogP contribution in [0.5, 0.6) is 0 Å². The van der Waals surface area contributed by atoms with Crippen LogP contribution in [-0.4, -0.2) is 43.0 Å². The minimum absolute atomic E-state index is 0.204. The minimum atomic E-state index is -0.902. The maximum atomic E-state index is 9.64. The molecule has 0 amide bonds. The summed E-state index contributed by atoms with van der Waals surface area (Å²) >= 11 is 0. The number of rotatable bonds is 6. The third-order valence-electron chi connectivity index (χ3n) is 3.64. The molecule has 1 aromatic carbocycles. The lowest BCUT2D eigenvalue weighted by atomic mass is 10.1. The molecule has 3 N–H and O–H groups in total. The Morgan fingerprint density at radius 3 is 2.50 bits per heavy atom. The SMILES string of the molecule is Cc1cc(-c2nc(-c3ccc(C(O)CO)cc3)no2)nc(NC(C)C)n1. The Morgan fingerprint density at radius 1 is 1.12 bits per heavy atom. The van der Waals surface area contributed by atoms with Gasteiger partial charge in [-0.2, -0.15) is 4.98 Å². The maximum Gasteiger partial charge on any atom is 0.277 e. The Bertz CT molecular complexity index is 877. The van der Waals surface area contributed by atoms with Crippen molar-refractivity contribution in [2.75, 3.05) is 11.9 Å². The second-order valence-electron chi connectivity index (χ2n) is 6.26. The van der Waals surface area contributed by atoms with Crippen molar-refractivity contribution < 1.29 is 14.7 Å². The van der Waals surface area contributed by atoms with E-state index in [1.165, 1.54) is 0 Å². The summed E-state index contributed by atoms with van der Waals surface area (Å²) in [6, 6.07) is 8.94. The van der Waals surface area contributed by atoms with Crippen LogP contribution in [0.25, 0.3) is 23.0 Å². The summed E-state index contributed by atoms with van der Waals surface area (Å²) in [5.74, 6) is 1.23. The highest BCUT2D eigenvalue weighted by atomic mass is 16.5. The van der Waals surface area contributed by atoms with Crippen LogP contribution >= 0.6 is 0 Å². The van der Waals surface area contributed by atoms with E-state index < -0.39 is 6.10 Å². The first-order chi connectivity index (χ1) is 12.5. The largest absolute Gasteiger partial charge is 0.393 e. The third-order valence-corrected chi connectivity index (χ3v) is 3.64. The number of benzene rings is 1. The van der Waals surface area contributed by atoms with Crippen LogP contribution in [0.2, 0.25) is 0 Å². The standard InChI is InChI=1S/C18H21N5O3/c1-10(2)19-18-20-11(3)8-14(21-18)17-22-16(23-26-17)13-6-4-12(5-7-13)15(25)9-24/h4-8,10,15,24-25H,9H2,1-3H3,(H,19,20,21). The highest BCUT2D eigenvalue weighted by molar-refractivity contribution is 5.59. The summed E-state index contributed by atoms with van der Waals surface area (Å²) < 4.78 is 5.35. The average molecular weight is 355 g/mol. The van der Waals surface area contributed by atoms with Crippen molar-refractivity contribution in [3.63, 3.8) is 0 Å². The van der Waals surface area contributed by atoms with Crippen LogP contribution in [0.15, 0.2) is 34.9 Å². The first kappa shape index (κ1) is 18.0. The monoisotopic (exact) mass is 355 g/mol. The van der Waals surface area contributed by atoms with Gasteiger partial charge in [0, 0.05) is 17.3 Å². The number of aliphatic hydroxyl groups is 2. The van der Waals surface area contributed by atoms with Gasteiger partial charge in [-0.3, -0.25) is 0 Å². The average Bonchev–Trinajstić information content (AvgIpc) is 3.10. The van der Waals surface area contributed by atoms with E-state index in [1.54, 1.807) is 30.3 Å². The van der Waals surface area contributed by atoms with Gasteiger partial charge in [0.25, 0.3) is 5.89 Å². The van der Waals surface area contributed by atoms with Crippen LogP contribution < -0.4 is 5.32 Å². The molecule has 0 radical (unpaired) electrons. The number of hydrogen-bond acceptors (Lipinski definition) is 8. The van der Waals surface area contributed by atoms with Crippen LogP contribution in [0.4, 0.5) is 5.95 Å². The van der Waals surface area contributed by atoms with Crippen molar-refractivity contribution in [3.8, 4) is 23.0 Å². The van der Waals surface area contributed by atoms with Crippen molar-refractivity contribution >= 4 is 5.95 Å². The van der Waals surface area contributed by atoms with E-state index >= 15 is 0 Å². The van der Waals surface area contributed by atoms with E-state index in [0.29, 0.717) is 28.9 Å². The molecule has 0 saturated heterocycles. The van der Waals surface area contributed by atoms with Gasteiger partial charge in [0.05, 0.1) is 6.61 Å². The lowest BCUT2D eigenvalue weighted by Crippen LogP contribution is -2.13. The molecule has 0 aliphatic carbocycles. The van der Waals surface area contributed by atoms with Gasteiger partial charge in [-0.15, -0.1) is 0 Å². The molecule has 3 rings (SSSR count). The molecular weight excluding hydrogens is 334 g/mol. The second kappa shape index (κ2) is 7.59. The zero-order chi connectivity index (χ0) is 18.7. The minimum Gasteiger partial charge on any atom is -0.393 e. The number of nitrogens with zero attached hydrogens (tertiary/aromatic N) is 4. The molecule has 0 saturated carbocycles.